The fourth-order valence-electron chi connectivity index (χ4n) is 2.56. The molecule has 0 aliphatic heterocycles. The van der Waals surface area contributed by atoms with Crippen LogP contribution in [0.2, 0.25) is 0 Å². The van der Waals surface area contributed by atoms with E-state index in [-0.39, 0.29) is 6.10 Å². The van der Waals surface area contributed by atoms with E-state index in [4.69, 9.17) is 4.74 Å². The molecule has 2 aromatic heterocycles. The van der Waals surface area contributed by atoms with Gasteiger partial charge in [-0.1, -0.05) is 0 Å². The van der Waals surface area contributed by atoms with E-state index in [0.29, 0.717) is 0 Å². The van der Waals surface area contributed by atoms with E-state index in [1.807, 2.05) is 0 Å². The van der Waals surface area contributed by atoms with Crippen LogP contribution in [0.5, 0.6) is 5.75 Å². The summed E-state index contributed by atoms with van der Waals surface area (Å²) in [6.45, 7) is 5.11. The molecule has 1 fully saturated rings. The van der Waals surface area contributed by atoms with Crippen LogP contribution in [0.3, 0.4) is 0 Å². The molecule has 1 aliphatic rings. The average molecular weight is 318 g/mol. The molecule has 21 heavy (non-hydrogen) atoms. The number of nitrogens with zero attached hydrogens (tertiary/aromatic N) is 1. The summed E-state index contributed by atoms with van der Waals surface area (Å²) in [4.78, 5) is 4.66. The first-order chi connectivity index (χ1) is 10.2. The van der Waals surface area contributed by atoms with Crippen molar-refractivity contribution in [3.05, 3.63) is 22.5 Å². The fraction of sp³-hybridized carbons (Fsp3) is 0.438. The van der Waals surface area contributed by atoms with Crippen molar-refractivity contribution in [3.8, 4) is 5.75 Å². The zero-order chi connectivity index (χ0) is 14.4. The molecule has 3 nitrogen and oxygen atoms in total. The molecule has 0 amide bonds. The highest BCUT2D eigenvalue weighted by molar-refractivity contribution is 7.21. The third-order valence-corrected chi connectivity index (χ3v) is 5.61. The van der Waals surface area contributed by atoms with Crippen molar-refractivity contribution >= 4 is 43.0 Å². The highest BCUT2D eigenvalue weighted by Gasteiger charge is 2.21. The third kappa shape index (κ3) is 2.65. The van der Waals surface area contributed by atoms with E-state index in [0.717, 1.165) is 28.9 Å². The summed E-state index contributed by atoms with van der Waals surface area (Å²) in [5.41, 5.74) is 1.12. The lowest BCUT2D eigenvalue weighted by Crippen LogP contribution is -2.30. The summed E-state index contributed by atoms with van der Waals surface area (Å²) in [6.07, 6.45) is 2.81. The van der Waals surface area contributed by atoms with E-state index < -0.39 is 0 Å². The van der Waals surface area contributed by atoms with Crippen LogP contribution in [0.25, 0.3) is 20.3 Å². The van der Waals surface area contributed by atoms with Crippen molar-refractivity contribution in [3.63, 3.8) is 0 Å². The second-order valence-corrected chi connectivity index (χ2v) is 7.88. The monoisotopic (exact) mass is 318 g/mol. The number of nitrogens with one attached hydrogen (secondary N) is 1. The van der Waals surface area contributed by atoms with Crippen LogP contribution in [0.15, 0.2) is 17.5 Å². The van der Waals surface area contributed by atoms with Crippen LogP contribution < -0.4 is 10.1 Å². The third-order valence-electron chi connectivity index (χ3n) is 3.77. The molecule has 0 spiro atoms. The molecule has 110 valence electrons. The summed E-state index contributed by atoms with van der Waals surface area (Å²) in [6, 6.07) is 5.02. The summed E-state index contributed by atoms with van der Waals surface area (Å²) in [5, 5.41) is 7.95. The second-order valence-electron chi connectivity index (χ2n) is 5.73. The van der Waals surface area contributed by atoms with Crippen molar-refractivity contribution in [2.45, 2.75) is 38.8 Å². The van der Waals surface area contributed by atoms with Crippen LogP contribution in [0, 0.1) is 6.92 Å². The van der Waals surface area contributed by atoms with Gasteiger partial charge in [-0.25, -0.2) is 4.98 Å². The van der Waals surface area contributed by atoms with E-state index in [2.05, 4.69) is 41.7 Å². The number of thiophene rings is 1. The summed E-state index contributed by atoms with van der Waals surface area (Å²) < 4.78 is 8.67. The SMILES string of the molecule is Cc1nc2c(cc(OC(C)CNC3CC3)c3ccsc32)s1. The standard InChI is InChI=1S/C16H18N2OS2/c1-9(8-17-11-3-4-11)19-13-7-14-15(18-10(2)21-14)16-12(13)5-6-20-16/h5-7,9,11,17H,3-4,8H2,1-2H3. The molecule has 0 radical (unpaired) electrons. The molecule has 0 bridgehead atoms. The van der Waals surface area contributed by atoms with Crippen molar-refractivity contribution in [1.29, 1.82) is 0 Å². The molecule has 3 aromatic rings. The summed E-state index contributed by atoms with van der Waals surface area (Å²) in [5.74, 6) is 0.993. The van der Waals surface area contributed by atoms with Gasteiger partial charge >= 0.3 is 0 Å². The number of benzene rings is 1. The Morgan fingerprint density at radius 3 is 3.14 bits per heavy atom. The van der Waals surface area contributed by atoms with Gasteiger partial charge in [0, 0.05) is 24.0 Å². The van der Waals surface area contributed by atoms with Gasteiger partial charge in [-0.3, -0.25) is 0 Å². The van der Waals surface area contributed by atoms with Gasteiger partial charge in [0.15, 0.2) is 0 Å². The predicted octanol–water partition coefficient (Wildman–Crippen LogP) is 4.34. The van der Waals surface area contributed by atoms with E-state index >= 15 is 0 Å². The minimum absolute atomic E-state index is 0.181. The van der Waals surface area contributed by atoms with Gasteiger partial charge in [0.1, 0.15) is 11.9 Å². The molecular weight excluding hydrogens is 300 g/mol. The van der Waals surface area contributed by atoms with Gasteiger partial charge < -0.3 is 10.1 Å². The zero-order valence-corrected chi connectivity index (χ0v) is 13.8. The maximum Gasteiger partial charge on any atom is 0.130 e. The lowest BCUT2D eigenvalue weighted by Gasteiger charge is -2.16. The Hall–Kier alpha value is -1.17. The van der Waals surface area contributed by atoms with E-state index in [1.165, 1.54) is 27.6 Å². The smallest absolute Gasteiger partial charge is 0.130 e. The summed E-state index contributed by atoms with van der Waals surface area (Å²) >= 11 is 3.49. The number of aromatic nitrogens is 1. The van der Waals surface area contributed by atoms with Crippen LogP contribution in [-0.2, 0) is 0 Å². The number of ether oxygens (including phenoxy) is 1. The van der Waals surface area contributed by atoms with Gasteiger partial charge in [-0.2, -0.15) is 0 Å². The summed E-state index contributed by atoms with van der Waals surface area (Å²) in [7, 11) is 0. The first-order valence-electron chi connectivity index (χ1n) is 7.38. The van der Waals surface area contributed by atoms with Crippen LogP contribution in [0.4, 0.5) is 0 Å². The highest BCUT2D eigenvalue weighted by atomic mass is 32.1. The Balaban J connectivity index is 1.66. The molecular formula is C16H18N2OS2. The average Bonchev–Trinajstić information content (AvgIpc) is 3.00. The molecule has 1 aliphatic carbocycles. The van der Waals surface area contributed by atoms with Gasteiger partial charge in [0.2, 0.25) is 0 Å². The van der Waals surface area contributed by atoms with E-state index in [1.54, 1.807) is 22.7 Å². The van der Waals surface area contributed by atoms with Crippen molar-refractivity contribution in [1.82, 2.24) is 10.3 Å². The van der Waals surface area contributed by atoms with Gasteiger partial charge in [-0.15, -0.1) is 22.7 Å². The predicted molar refractivity (Wildman–Crippen MR) is 90.9 cm³/mol. The van der Waals surface area contributed by atoms with Gasteiger partial charge in [0.05, 0.1) is 19.9 Å². The molecule has 1 N–H and O–H groups in total. The number of thiazole rings is 1. The van der Waals surface area contributed by atoms with Crippen LogP contribution >= 0.6 is 22.7 Å². The first-order valence-corrected chi connectivity index (χ1v) is 9.07. The maximum absolute atomic E-state index is 6.20. The topological polar surface area (TPSA) is 34.1 Å². The Labute approximate surface area is 132 Å². The maximum atomic E-state index is 6.20. The van der Waals surface area contributed by atoms with Crippen molar-refractivity contribution in [2.75, 3.05) is 6.54 Å². The molecule has 1 unspecified atom stereocenters. The minimum Gasteiger partial charge on any atom is -0.489 e. The first kappa shape index (κ1) is 13.5. The lowest BCUT2D eigenvalue weighted by molar-refractivity contribution is 0.219. The molecule has 4 rings (SSSR count). The number of hydrogen-bond donors (Lipinski definition) is 1. The minimum atomic E-state index is 0.181. The number of fused-ring (bicyclic) bond motifs is 3. The van der Waals surface area contributed by atoms with Crippen LogP contribution in [-0.4, -0.2) is 23.7 Å². The normalized spacial score (nSPS) is 16.7. The Bertz CT molecular complexity index is 788. The van der Waals surface area contributed by atoms with Gasteiger partial charge in [-0.05, 0) is 38.1 Å². The van der Waals surface area contributed by atoms with Crippen molar-refractivity contribution < 1.29 is 4.74 Å². The molecule has 2 heterocycles. The molecule has 5 heteroatoms. The Kier molecular flexibility index (Phi) is 3.36. The Morgan fingerprint density at radius 1 is 1.48 bits per heavy atom. The number of hydrogen-bond acceptors (Lipinski definition) is 5. The second kappa shape index (κ2) is 5.23. The zero-order valence-electron chi connectivity index (χ0n) is 12.2. The van der Waals surface area contributed by atoms with Crippen molar-refractivity contribution in [2.24, 2.45) is 0 Å². The number of rotatable bonds is 5. The van der Waals surface area contributed by atoms with Gasteiger partial charge in [0.25, 0.3) is 0 Å². The highest BCUT2D eigenvalue weighted by Crippen LogP contribution is 2.39. The Morgan fingerprint density at radius 2 is 2.33 bits per heavy atom. The van der Waals surface area contributed by atoms with E-state index in [9.17, 15) is 0 Å². The molecule has 1 atom stereocenters. The fourth-order valence-corrected chi connectivity index (χ4v) is 4.40. The number of aryl methyl sites for hydroxylation is 1. The lowest BCUT2D eigenvalue weighted by atomic mass is 10.2. The molecule has 1 aromatic carbocycles. The largest absolute Gasteiger partial charge is 0.489 e. The molecule has 1 saturated carbocycles. The quantitative estimate of drug-likeness (QED) is 0.760. The molecule has 0 saturated heterocycles. The van der Waals surface area contributed by atoms with Crippen LogP contribution in [0.1, 0.15) is 24.8 Å².